The third-order valence-electron chi connectivity index (χ3n) is 5.60. The summed E-state index contributed by atoms with van der Waals surface area (Å²) >= 11 is 0. The number of carbonyl (C=O) groups is 1. The molecule has 1 saturated heterocycles. The van der Waals surface area contributed by atoms with Crippen LogP contribution in [0, 0.1) is 5.82 Å². The number of pyridine rings is 2. The lowest BCUT2D eigenvalue weighted by molar-refractivity contribution is 0.102. The molecule has 4 heterocycles. The van der Waals surface area contributed by atoms with Crippen LogP contribution in [0.15, 0.2) is 79.4 Å². The van der Waals surface area contributed by atoms with Crippen LogP contribution in [-0.2, 0) is 0 Å². The van der Waals surface area contributed by atoms with Gasteiger partial charge in [0.25, 0.3) is 5.91 Å². The Morgan fingerprint density at radius 2 is 1.50 bits per heavy atom. The van der Waals surface area contributed by atoms with Gasteiger partial charge in [0.1, 0.15) is 11.6 Å². The van der Waals surface area contributed by atoms with E-state index in [0.29, 0.717) is 22.9 Å². The monoisotopic (exact) mass is 485 g/mol. The number of benzene rings is 1. The van der Waals surface area contributed by atoms with Crippen LogP contribution in [0.3, 0.4) is 0 Å². The first-order valence-electron chi connectivity index (χ1n) is 11.9. The van der Waals surface area contributed by atoms with E-state index in [1.165, 1.54) is 18.3 Å². The molecule has 0 saturated carbocycles. The van der Waals surface area contributed by atoms with E-state index in [2.05, 4.69) is 35.1 Å². The third kappa shape index (κ3) is 5.99. The number of carbonyl (C=O) groups excluding carboxylic acids is 1. The number of aromatic nitrogens is 4. The number of halogens is 1. The maximum atomic E-state index is 13.1. The average molecular weight is 486 g/mol. The van der Waals surface area contributed by atoms with Gasteiger partial charge in [-0.25, -0.2) is 19.3 Å². The Hall–Kier alpha value is -4.40. The maximum Gasteiger partial charge on any atom is 0.257 e. The van der Waals surface area contributed by atoms with E-state index < -0.39 is 0 Å². The molecule has 0 unspecified atom stereocenters. The van der Waals surface area contributed by atoms with Crippen molar-refractivity contribution in [2.75, 3.05) is 41.3 Å². The quantitative estimate of drug-likeness (QED) is 0.439. The van der Waals surface area contributed by atoms with Gasteiger partial charge in [0.05, 0.1) is 29.3 Å². The van der Waals surface area contributed by atoms with E-state index in [0.717, 1.165) is 37.6 Å². The molecule has 1 amide bonds. The van der Waals surface area contributed by atoms with Crippen molar-refractivity contribution in [1.29, 1.82) is 0 Å². The minimum absolute atomic E-state index is 0.306. The van der Waals surface area contributed by atoms with Gasteiger partial charge < -0.3 is 15.1 Å². The molecule has 0 spiro atoms. The van der Waals surface area contributed by atoms with Crippen molar-refractivity contribution >= 4 is 23.4 Å². The molecule has 4 aromatic rings. The minimum Gasteiger partial charge on any atom is -0.353 e. The van der Waals surface area contributed by atoms with Crippen molar-refractivity contribution in [3.8, 4) is 11.3 Å². The molecular formula is C27H28FN7O. The van der Waals surface area contributed by atoms with Crippen LogP contribution in [0.5, 0.6) is 0 Å². The lowest BCUT2D eigenvalue weighted by Crippen LogP contribution is -2.47. The van der Waals surface area contributed by atoms with Gasteiger partial charge in [0.15, 0.2) is 0 Å². The molecule has 0 radical (unpaired) electrons. The Morgan fingerprint density at radius 1 is 0.806 bits per heavy atom. The van der Waals surface area contributed by atoms with Crippen LogP contribution in [-0.4, -0.2) is 52.0 Å². The fraction of sp³-hybridized carbons (Fsp3) is 0.222. The maximum absolute atomic E-state index is 13.1. The van der Waals surface area contributed by atoms with Gasteiger partial charge in [-0.1, -0.05) is 19.9 Å². The number of rotatable bonds is 5. The first-order valence-corrected chi connectivity index (χ1v) is 11.9. The highest BCUT2D eigenvalue weighted by Gasteiger charge is 2.20. The number of amides is 1. The first-order chi connectivity index (χ1) is 17.7. The molecule has 36 heavy (non-hydrogen) atoms. The average Bonchev–Trinajstić information content (AvgIpc) is 2.96. The number of hydrogen-bond donors (Lipinski definition) is 1. The van der Waals surface area contributed by atoms with Gasteiger partial charge >= 0.3 is 0 Å². The summed E-state index contributed by atoms with van der Waals surface area (Å²) in [7, 11) is 0. The molecule has 1 aromatic carbocycles. The molecule has 0 bridgehead atoms. The summed E-state index contributed by atoms with van der Waals surface area (Å²) in [4.78, 5) is 34.5. The normalized spacial score (nSPS) is 13.0. The zero-order chi connectivity index (χ0) is 25.3. The molecule has 0 aliphatic carbocycles. The smallest absolute Gasteiger partial charge is 0.257 e. The van der Waals surface area contributed by atoms with E-state index in [1.807, 2.05) is 32.0 Å². The van der Waals surface area contributed by atoms with Gasteiger partial charge in [-0.3, -0.25) is 9.78 Å². The SMILES string of the molecule is CC.O=C(Nc1cnc(N2CCN(c3ccccn3)CC2)nc1)c1ccc(-c2ccc(F)cc2)nc1. The van der Waals surface area contributed by atoms with Crippen LogP contribution in [0.1, 0.15) is 24.2 Å². The van der Waals surface area contributed by atoms with E-state index in [9.17, 15) is 9.18 Å². The second-order valence-electron chi connectivity index (χ2n) is 7.83. The summed E-state index contributed by atoms with van der Waals surface area (Å²) in [5.41, 5.74) is 2.34. The highest BCUT2D eigenvalue weighted by molar-refractivity contribution is 6.04. The van der Waals surface area contributed by atoms with Gasteiger partial charge in [0.2, 0.25) is 5.95 Å². The van der Waals surface area contributed by atoms with Crippen molar-refractivity contribution in [2.24, 2.45) is 0 Å². The van der Waals surface area contributed by atoms with Crippen molar-refractivity contribution in [3.63, 3.8) is 0 Å². The molecule has 1 fully saturated rings. The number of nitrogens with one attached hydrogen (secondary N) is 1. The molecule has 8 nitrogen and oxygen atoms in total. The zero-order valence-electron chi connectivity index (χ0n) is 20.3. The Labute approximate surface area is 209 Å². The summed E-state index contributed by atoms with van der Waals surface area (Å²) in [6.45, 7) is 7.24. The predicted molar refractivity (Wildman–Crippen MR) is 140 cm³/mol. The van der Waals surface area contributed by atoms with Crippen LogP contribution < -0.4 is 15.1 Å². The zero-order valence-corrected chi connectivity index (χ0v) is 20.3. The fourth-order valence-electron chi connectivity index (χ4n) is 3.75. The van der Waals surface area contributed by atoms with Crippen LogP contribution in [0.4, 0.5) is 21.8 Å². The summed E-state index contributed by atoms with van der Waals surface area (Å²) in [5.74, 6) is 0.989. The van der Waals surface area contributed by atoms with Crippen LogP contribution in [0.25, 0.3) is 11.3 Å². The highest BCUT2D eigenvalue weighted by Crippen LogP contribution is 2.19. The lowest BCUT2D eigenvalue weighted by Gasteiger charge is -2.35. The Kier molecular flexibility index (Phi) is 8.12. The van der Waals surface area contributed by atoms with Crippen molar-refractivity contribution in [2.45, 2.75) is 13.8 Å². The van der Waals surface area contributed by atoms with E-state index in [4.69, 9.17) is 0 Å². The summed E-state index contributed by atoms with van der Waals surface area (Å²) in [5, 5.41) is 2.80. The van der Waals surface area contributed by atoms with Gasteiger partial charge in [-0.05, 0) is 48.5 Å². The molecule has 184 valence electrons. The Balaban J connectivity index is 0.00000148. The van der Waals surface area contributed by atoms with E-state index >= 15 is 0 Å². The first kappa shape index (κ1) is 24.7. The minimum atomic E-state index is -0.307. The summed E-state index contributed by atoms with van der Waals surface area (Å²) in [6, 6.07) is 15.4. The standard InChI is InChI=1S/C25H22FN7O.C2H6/c26-20-7-4-18(5-8-20)22-9-6-19(15-28-22)24(34)31-21-16-29-25(30-17-21)33-13-11-32(12-14-33)23-3-1-2-10-27-23;1-2/h1-10,15-17H,11-14H2,(H,31,34);1-2H3. The summed E-state index contributed by atoms with van der Waals surface area (Å²) < 4.78 is 13.1. The number of anilines is 3. The van der Waals surface area contributed by atoms with Crippen molar-refractivity contribution < 1.29 is 9.18 Å². The molecular weight excluding hydrogens is 457 g/mol. The number of piperazine rings is 1. The second kappa shape index (κ2) is 11.8. The van der Waals surface area contributed by atoms with Gasteiger partial charge in [-0.15, -0.1) is 0 Å². The molecule has 0 atom stereocenters. The van der Waals surface area contributed by atoms with Crippen molar-refractivity contribution in [3.05, 3.63) is 90.8 Å². The molecule has 1 N–H and O–H groups in total. The number of nitrogens with zero attached hydrogens (tertiary/aromatic N) is 6. The fourth-order valence-corrected chi connectivity index (χ4v) is 3.75. The largest absolute Gasteiger partial charge is 0.353 e. The van der Waals surface area contributed by atoms with Gasteiger partial charge in [-0.2, -0.15) is 0 Å². The molecule has 1 aliphatic heterocycles. The lowest BCUT2D eigenvalue weighted by atomic mass is 10.1. The Morgan fingerprint density at radius 3 is 2.11 bits per heavy atom. The molecule has 5 rings (SSSR count). The molecule has 1 aliphatic rings. The predicted octanol–water partition coefficient (Wildman–Crippen LogP) is 4.68. The van der Waals surface area contributed by atoms with Crippen LogP contribution >= 0.6 is 0 Å². The van der Waals surface area contributed by atoms with Crippen LogP contribution in [0.2, 0.25) is 0 Å². The van der Waals surface area contributed by atoms with E-state index in [-0.39, 0.29) is 11.7 Å². The molecule has 9 heteroatoms. The third-order valence-corrected chi connectivity index (χ3v) is 5.60. The second-order valence-corrected chi connectivity index (χ2v) is 7.83. The summed E-state index contributed by atoms with van der Waals surface area (Å²) in [6.07, 6.45) is 6.50. The van der Waals surface area contributed by atoms with E-state index in [1.54, 1.807) is 42.9 Å². The Bertz CT molecular complexity index is 1240. The van der Waals surface area contributed by atoms with Crippen molar-refractivity contribution in [1.82, 2.24) is 19.9 Å². The number of hydrogen-bond acceptors (Lipinski definition) is 7. The topological polar surface area (TPSA) is 87.1 Å². The molecule has 3 aromatic heterocycles. The highest BCUT2D eigenvalue weighted by atomic mass is 19.1. The van der Waals surface area contributed by atoms with Gasteiger partial charge in [0, 0.05) is 44.1 Å².